The number of piperidine rings is 1. The first kappa shape index (κ1) is 21.5. The van der Waals surface area contributed by atoms with Gasteiger partial charge >= 0.3 is 0 Å². The highest BCUT2D eigenvalue weighted by atomic mass is 19.3. The molecule has 2 N–H and O–H groups in total. The Labute approximate surface area is 194 Å². The Balaban J connectivity index is 1.49. The van der Waals surface area contributed by atoms with Crippen LogP contribution < -0.4 is 15.5 Å². The lowest BCUT2D eigenvalue weighted by Gasteiger charge is -2.45. The summed E-state index contributed by atoms with van der Waals surface area (Å²) in [7, 11) is 0. The topological polar surface area (TPSA) is 120 Å². The highest BCUT2D eigenvalue weighted by Crippen LogP contribution is 2.39. The van der Waals surface area contributed by atoms with Gasteiger partial charge in [-0.1, -0.05) is 0 Å². The van der Waals surface area contributed by atoms with Crippen LogP contribution in [0.2, 0.25) is 0 Å². The van der Waals surface area contributed by atoms with Crippen molar-refractivity contribution in [3.8, 4) is 11.4 Å². The second-order valence-corrected chi connectivity index (χ2v) is 9.29. The molecule has 0 aromatic carbocycles. The summed E-state index contributed by atoms with van der Waals surface area (Å²) in [5, 5.41) is 0. The van der Waals surface area contributed by atoms with Crippen molar-refractivity contribution < 1.29 is 23.0 Å². The Morgan fingerprint density at radius 1 is 0.912 bits per heavy atom. The molecule has 0 aliphatic carbocycles. The van der Waals surface area contributed by atoms with Gasteiger partial charge in [-0.2, -0.15) is 15.0 Å². The third-order valence-corrected chi connectivity index (χ3v) is 7.08. The Kier molecular flexibility index (Phi) is 5.29. The number of Topliss-reactive ketones (excluding diaryl/α,β-unsaturated/α-hetero) is 1. The normalized spacial score (nSPS) is 28.6. The Bertz CT molecular complexity index is 1080. The van der Waals surface area contributed by atoms with Crippen LogP contribution in [0.4, 0.5) is 26.5 Å². The average molecular weight is 473 g/mol. The maximum Gasteiger partial charge on any atom is 0.264 e. The van der Waals surface area contributed by atoms with E-state index in [4.69, 9.17) is 20.2 Å². The molecule has 0 spiro atoms. The number of pyridine rings is 1. The van der Waals surface area contributed by atoms with E-state index in [9.17, 15) is 13.6 Å². The lowest BCUT2D eigenvalue weighted by molar-refractivity contribution is -0.120. The van der Waals surface area contributed by atoms with Crippen molar-refractivity contribution in [2.45, 2.75) is 56.3 Å². The van der Waals surface area contributed by atoms with Crippen molar-refractivity contribution >= 4 is 23.5 Å². The quantitative estimate of drug-likeness (QED) is 0.703. The summed E-state index contributed by atoms with van der Waals surface area (Å²) in [4.78, 5) is 34.4. The molecule has 2 unspecified atom stereocenters. The van der Waals surface area contributed by atoms with Crippen LogP contribution in [0.3, 0.4) is 0 Å². The van der Waals surface area contributed by atoms with Gasteiger partial charge < -0.3 is 25.0 Å². The number of aromatic nitrogens is 4. The molecule has 6 rings (SSSR count). The fraction of sp³-hybridized carbons (Fsp3) is 0.591. The van der Waals surface area contributed by atoms with Crippen LogP contribution in [-0.4, -0.2) is 76.3 Å². The molecule has 4 aliphatic rings. The van der Waals surface area contributed by atoms with E-state index in [1.54, 1.807) is 0 Å². The molecule has 4 aliphatic heterocycles. The SMILES string of the molecule is Nc1cc(C(F)F)c(-c2nc(N3C4COCC3COC4)nc(N3C4CCC3CC(=O)C4)n2)cn1. The maximum absolute atomic E-state index is 13.9. The average Bonchev–Trinajstić information content (AvgIpc) is 3.09. The van der Waals surface area contributed by atoms with Gasteiger partial charge in [0.15, 0.2) is 5.82 Å². The molecule has 34 heavy (non-hydrogen) atoms. The van der Waals surface area contributed by atoms with Gasteiger partial charge in [-0.05, 0) is 18.9 Å². The second-order valence-electron chi connectivity index (χ2n) is 9.29. The summed E-state index contributed by atoms with van der Waals surface area (Å²) in [5.74, 6) is 1.16. The monoisotopic (exact) mass is 473 g/mol. The first-order chi connectivity index (χ1) is 16.5. The van der Waals surface area contributed by atoms with Crippen molar-refractivity contribution in [3.63, 3.8) is 0 Å². The van der Waals surface area contributed by atoms with Crippen LogP contribution in [0.1, 0.15) is 37.7 Å². The van der Waals surface area contributed by atoms with E-state index in [0.29, 0.717) is 51.2 Å². The van der Waals surface area contributed by atoms with Crippen molar-refractivity contribution in [3.05, 3.63) is 17.8 Å². The zero-order valence-corrected chi connectivity index (χ0v) is 18.4. The number of rotatable bonds is 4. The molecular formula is C22H25F2N7O3. The van der Waals surface area contributed by atoms with Gasteiger partial charge in [-0.15, -0.1) is 0 Å². The van der Waals surface area contributed by atoms with Crippen molar-refractivity contribution in [2.75, 3.05) is 42.0 Å². The number of carbonyl (C=O) groups excluding carboxylic acids is 1. The minimum Gasteiger partial charge on any atom is -0.384 e. The predicted octanol–water partition coefficient (Wildman–Crippen LogP) is 1.76. The van der Waals surface area contributed by atoms with E-state index in [1.807, 2.05) is 0 Å². The van der Waals surface area contributed by atoms with Crippen molar-refractivity contribution in [1.82, 2.24) is 19.9 Å². The van der Waals surface area contributed by atoms with E-state index in [2.05, 4.69) is 24.8 Å². The lowest BCUT2D eigenvalue weighted by atomic mass is 10.0. The third kappa shape index (κ3) is 3.65. The Hall–Kier alpha value is -2.99. The summed E-state index contributed by atoms with van der Waals surface area (Å²) in [6.45, 7) is 1.84. The zero-order chi connectivity index (χ0) is 23.4. The van der Waals surface area contributed by atoms with Gasteiger partial charge in [0.05, 0.1) is 38.5 Å². The number of fused-ring (bicyclic) bond motifs is 4. The molecule has 0 radical (unpaired) electrons. The highest BCUT2D eigenvalue weighted by molar-refractivity contribution is 5.83. The molecule has 0 saturated carbocycles. The van der Waals surface area contributed by atoms with Crippen LogP contribution >= 0.6 is 0 Å². The van der Waals surface area contributed by atoms with E-state index in [1.165, 1.54) is 6.20 Å². The summed E-state index contributed by atoms with van der Waals surface area (Å²) >= 11 is 0. The number of morpholine rings is 2. The molecule has 2 aromatic heterocycles. The van der Waals surface area contributed by atoms with Crippen LogP contribution in [0, 0.1) is 0 Å². The van der Waals surface area contributed by atoms with E-state index < -0.39 is 6.43 Å². The van der Waals surface area contributed by atoms with Crippen LogP contribution in [0.25, 0.3) is 11.4 Å². The molecule has 12 heteroatoms. The third-order valence-electron chi connectivity index (χ3n) is 7.08. The van der Waals surface area contributed by atoms with Gasteiger partial charge in [-0.25, -0.2) is 13.8 Å². The van der Waals surface area contributed by atoms with Crippen molar-refractivity contribution in [1.29, 1.82) is 0 Å². The highest BCUT2D eigenvalue weighted by Gasteiger charge is 2.43. The number of nitrogens with two attached hydrogens (primary N) is 1. The number of halogens is 2. The minimum atomic E-state index is -2.77. The Morgan fingerprint density at radius 3 is 2.03 bits per heavy atom. The van der Waals surface area contributed by atoms with Crippen LogP contribution in [0.15, 0.2) is 12.3 Å². The minimum absolute atomic E-state index is 0.000911. The fourth-order valence-corrected chi connectivity index (χ4v) is 5.58. The zero-order valence-electron chi connectivity index (χ0n) is 18.4. The summed E-state index contributed by atoms with van der Waals surface area (Å²) < 4.78 is 39.3. The molecular weight excluding hydrogens is 448 g/mol. The molecule has 4 saturated heterocycles. The number of carbonyl (C=O) groups is 1. The molecule has 10 nitrogen and oxygen atoms in total. The number of alkyl halides is 2. The standard InChI is InChI=1S/C22H25F2N7O3/c23-19(24)16-5-18(25)26-6-17(16)20-27-21(30-11-1-2-12(30)4-15(32)3-11)29-22(28-20)31-13-7-33-9-14(31)10-34-8-13/h5-6,11-14,19H,1-4,7-10H2,(H2,25,26). The number of hydrogen-bond acceptors (Lipinski definition) is 10. The molecule has 0 amide bonds. The van der Waals surface area contributed by atoms with Gasteiger partial charge in [0, 0.05) is 42.2 Å². The summed E-state index contributed by atoms with van der Waals surface area (Å²) in [5.41, 5.74) is 5.52. The van der Waals surface area contributed by atoms with E-state index >= 15 is 0 Å². The summed E-state index contributed by atoms with van der Waals surface area (Å²) in [6.07, 6.45) is 1.13. The second kappa shape index (κ2) is 8.35. The molecule has 2 atom stereocenters. The number of nitrogen functional groups attached to an aromatic ring is 1. The Morgan fingerprint density at radius 2 is 1.47 bits per heavy atom. The van der Waals surface area contributed by atoms with E-state index in [-0.39, 0.29) is 52.7 Å². The summed E-state index contributed by atoms with van der Waals surface area (Å²) in [6, 6.07) is 0.981. The largest absolute Gasteiger partial charge is 0.384 e. The van der Waals surface area contributed by atoms with E-state index in [0.717, 1.165) is 18.9 Å². The van der Waals surface area contributed by atoms with Gasteiger partial charge in [-0.3, -0.25) is 4.79 Å². The van der Waals surface area contributed by atoms with Crippen molar-refractivity contribution in [2.24, 2.45) is 0 Å². The fourth-order valence-electron chi connectivity index (χ4n) is 5.58. The number of ether oxygens (including phenoxy) is 2. The molecule has 4 bridgehead atoms. The predicted molar refractivity (Wildman–Crippen MR) is 118 cm³/mol. The molecule has 6 heterocycles. The molecule has 2 aromatic rings. The number of ketones is 1. The molecule has 4 fully saturated rings. The number of nitrogens with zero attached hydrogens (tertiary/aromatic N) is 6. The first-order valence-electron chi connectivity index (χ1n) is 11.5. The van der Waals surface area contributed by atoms with Gasteiger partial charge in [0.2, 0.25) is 11.9 Å². The van der Waals surface area contributed by atoms with Crippen LogP contribution in [0.5, 0.6) is 0 Å². The maximum atomic E-state index is 13.9. The van der Waals surface area contributed by atoms with Crippen LogP contribution in [-0.2, 0) is 14.3 Å². The van der Waals surface area contributed by atoms with Gasteiger partial charge in [0.25, 0.3) is 6.43 Å². The number of hydrogen-bond donors (Lipinski definition) is 1. The molecule has 180 valence electrons. The lowest BCUT2D eigenvalue weighted by Crippen LogP contribution is -2.60. The smallest absolute Gasteiger partial charge is 0.264 e. The van der Waals surface area contributed by atoms with Gasteiger partial charge in [0.1, 0.15) is 11.6 Å². The first-order valence-corrected chi connectivity index (χ1v) is 11.5. The number of anilines is 3.